The number of alkyl carbamates (subject to hydrolysis) is 1. The molecule has 1 N–H and O–H groups in total. The molecule has 0 bridgehead atoms. The molecule has 2 rings (SSSR count). The average Bonchev–Trinajstić information content (AvgIpc) is 3.06. The molecule has 0 aromatic carbocycles. The lowest BCUT2D eigenvalue weighted by molar-refractivity contribution is -0.186. The lowest BCUT2D eigenvalue weighted by Crippen LogP contribution is -2.41. The number of nitrogens with zero attached hydrogens (tertiary/aromatic N) is 2. The largest absolute Gasteiger partial charge is 0.471 e. The van der Waals surface area contributed by atoms with E-state index in [2.05, 4.69) is 10.3 Å². The minimum Gasteiger partial charge on any atom is -0.444 e. The van der Waals surface area contributed by atoms with Gasteiger partial charge in [-0.2, -0.15) is 13.2 Å². The van der Waals surface area contributed by atoms with E-state index in [9.17, 15) is 27.2 Å². The SMILES string of the molecule is C[C@H](CCc1ncc(F)cc1C1CCCN1C(=O)C(F)(F)F)NC(=O)OC(C)(C)C. The highest BCUT2D eigenvalue weighted by Gasteiger charge is 2.46. The van der Waals surface area contributed by atoms with Gasteiger partial charge >= 0.3 is 18.2 Å². The van der Waals surface area contributed by atoms with E-state index in [1.165, 1.54) is 0 Å². The van der Waals surface area contributed by atoms with Gasteiger partial charge in [-0.1, -0.05) is 0 Å². The summed E-state index contributed by atoms with van der Waals surface area (Å²) in [5.41, 5.74) is 0.0302. The zero-order valence-electron chi connectivity index (χ0n) is 17.5. The van der Waals surface area contributed by atoms with Crippen LogP contribution >= 0.6 is 0 Å². The van der Waals surface area contributed by atoms with Crippen LogP contribution in [0, 0.1) is 5.82 Å². The highest BCUT2D eigenvalue weighted by atomic mass is 19.4. The minimum atomic E-state index is -4.99. The number of halogens is 4. The summed E-state index contributed by atoms with van der Waals surface area (Å²) in [6.45, 7) is 6.92. The van der Waals surface area contributed by atoms with Crippen LogP contribution in [0.5, 0.6) is 0 Å². The monoisotopic (exact) mass is 433 g/mol. The van der Waals surface area contributed by atoms with E-state index in [-0.39, 0.29) is 24.6 Å². The Bertz CT molecular complexity index is 778. The first-order chi connectivity index (χ1) is 13.8. The summed E-state index contributed by atoms with van der Waals surface area (Å²) in [4.78, 5) is 28.4. The maximum absolute atomic E-state index is 13.8. The van der Waals surface area contributed by atoms with Crippen molar-refractivity contribution in [1.29, 1.82) is 0 Å². The summed E-state index contributed by atoms with van der Waals surface area (Å²) >= 11 is 0. The summed E-state index contributed by atoms with van der Waals surface area (Å²) in [5.74, 6) is -2.61. The van der Waals surface area contributed by atoms with E-state index >= 15 is 0 Å². The van der Waals surface area contributed by atoms with Gasteiger partial charge in [0.2, 0.25) is 0 Å². The van der Waals surface area contributed by atoms with E-state index in [0.29, 0.717) is 25.0 Å². The molecule has 0 radical (unpaired) electrons. The number of hydrogen-bond acceptors (Lipinski definition) is 4. The lowest BCUT2D eigenvalue weighted by atomic mass is 9.98. The van der Waals surface area contributed by atoms with Crippen molar-refractivity contribution in [1.82, 2.24) is 15.2 Å². The quantitative estimate of drug-likeness (QED) is 0.704. The van der Waals surface area contributed by atoms with Gasteiger partial charge < -0.3 is 15.0 Å². The molecule has 1 saturated heterocycles. The number of carbonyl (C=O) groups excluding carboxylic acids is 2. The third-order valence-corrected chi connectivity index (χ3v) is 4.66. The fourth-order valence-corrected chi connectivity index (χ4v) is 3.41. The van der Waals surface area contributed by atoms with E-state index in [1.807, 2.05) is 0 Å². The predicted molar refractivity (Wildman–Crippen MR) is 101 cm³/mol. The van der Waals surface area contributed by atoms with Crippen LogP contribution in [0.4, 0.5) is 22.4 Å². The molecule has 1 aliphatic heterocycles. The number of likely N-dealkylation sites (tertiary alicyclic amines) is 1. The molecule has 1 aliphatic rings. The molecule has 10 heteroatoms. The van der Waals surface area contributed by atoms with Gasteiger partial charge in [0.05, 0.1) is 12.2 Å². The van der Waals surface area contributed by atoms with Gasteiger partial charge in [-0.05, 0) is 65.0 Å². The maximum Gasteiger partial charge on any atom is 0.471 e. The van der Waals surface area contributed by atoms with Crippen molar-refractivity contribution < 1.29 is 31.9 Å². The van der Waals surface area contributed by atoms with Gasteiger partial charge in [0.25, 0.3) is 0 Å². The Labute approximate surface area is 173 Å². The Morgan fingerprint density at radius 3 is 2.60 bits per heavy atom. The van der Waals surface area contributed by atoms with Crippen LogP contribution in [0.3, 0.4) is 0 Å². The van der Waals surface area contributed by atoms with Crippen molar-refractivity contribution in [2.24, 2.45) is 0 Å². The minimum absolute atomic E-state index is 0.0461. The number of hydrogen-bond donors (Lipinski definition) is 1. The summed E-state index contributed by atoms with van der Waals surface area (Å²) in [5, 5.41) is 2.68. The zero-order valence-corrected chi connectivity index (χ0v) is 17.5. The topological polar surface area (TPSA) is 71.5 Å². The molecule has 30 heavy (non-hydrogen) atoms. The van der Waals surface area contributed by atoms with E-state index in [1.54, 1.807) is 27.7 Å². The summed E-state index contributed by atoms with van der Waals surface area (Å²) < 4.78 is 57.8. The molecule has 1 aromatic rings. The standard InChI is InChI=1S/C20H27F4N3O3/c1-12(26-18(29)30-19(2,3)4)7-8-15-14(10-13(21)11-25-15)16-6-5-9-27(16)17(28)20(22,23)24/h10-12,16H,5-9H2,1-4H3,(H,26,29)/t12-,16?/m1/s1. The first kappa shape index (κ1) is 23.9. The van der Waals surface area contributed by atoms with Gasteiger partial charge in [-0.15, -0.1) is 0 Å². The van der Waals surface area contributed by atoms with Gasteiger partial charge in [-0.25, -0.2) is 9.18 Å². The summed E-state index contributed by atoms with van der Waals surface area (Å²) in [6, 6.07) is -0.0523. The molecule has 2 heterocycles. The molecule has 0 aliphatic carbocycles. The molecular weight excluding hydrogens is 406 g/mol. The Hall–Kier alpha value is -2.39. The van der Waals surface area contributed by atoms with Gasteiger partial charge in [0, 0.05) is 18.3 Å². The van der Waals surface area contributed by atoms with Crippen LogP contribution < -0.4 is 5.32 Å². The van der Waals surface area contributed by atoms with Crippen LogP contribution in [0.1, 0.15) is 64.3 Å². The van der Waals surface area contributed by atoms with Crippen molar-refractivity contribution in [3.05, 3.63) is 29.3 Å². The molecule has 168 valence electrons. The third-order valence-electron chi connectivity index (χ3n) is 4.66. The van der Waals surface area contributed by atoms with Crippen LogP contribution in [-0.4, -0.2) is 46.2 Å². The first-order valence-corrected chi connectivity index (χ1v) is 9.79. The zero-order chi connectivity index (χ0) is 22.7. The Morgan fingerprint density at radius 1 is 1.33 bits per heavy atom. The lowest BCUT2D eigenvalue weighted by Gasteiger charge is -2.27. The molecule has 0 saturated carbocycles. The van der Waals surface area contributed by atoms with E-state index in [0.717, 1.165) is 17.2 Å². The molecule has 1 aromatic heterocycles. The fraction of sp³-hybridized carbons (Fsp3) is 0.650. The third kappa shape index (κ3) is 6.56. The molecule has 2 amide bonds. The van der Waals surface area contributed by atoms with Crippen LogP contribution in [0.2, 0.25) is 0 Å². The second-order valence-corrected chi connectivity index (χ2v) is 8.43. The highest BCUT2D eigenvalue weighted by Crippen LogP contribution is 2.36. The average molecular weight is 433 g/mol. The van der Waals surface area contributed by atoms with Crippen LogP contribution in [-0.2, 0) is 16.0 Å². The van der Waals surface area contributed by atoms with Crippen molar-refractivity contribution in [3.8, 4) is 0 Å². The number of aromatic nitrogens is 1. The highest BCUT2D eigenvalue weighted by molar-refractivity contribution is 5.82. The molecular formula is C20H27F4N3O3. The first-order valence-electron chi connectivity index (χ1n) is 9.79. The number of ether oxygens (including phenoxy) is 1. The van der Waals surface area contributed by atoms with Crippen LogP contribution in [0.25, 0.3) is 0 Å². The molecule has 1 fully saturated rings. The number of rotatable bonds is 5. The number of nitrogens with one attached hydrogen (secondary N) is 1. The molecule has 6 nitrogen and oxygen atoms in total. The Balaban J connectivity index is 2.12. The molecule has 0 spiro atoms. The van der Waals surface area contributed by atoms with Crippen molar-refractivity contribution >= 4 is 12.0 Å². The molecule has 2 atom stereocenters. The second kappa shape index (κ2) is 9.18. The Kier molecular flexibility index (Phi) is 7.31. The van der Waals surface area contributed by atoms with Crippen LogP contribution in [0.15, 0.2) is 12.3 Å². The number of carbonyl (C=O) groups is 2. The number of amides is 2. The van der Waals surface area contributed by atoms with Gasteiger partial charge in [0.15, 0.2) is 0 Å². The summed E-state index contributed by atoms with van der Waals surface area (Å²) in [6.07, 6.45) is -3.20. The van der Waals surface area contributed by atoms with E-state index in [4.69, 9.17) is 4.74 Å². The number of alkyl halides is 3. The predicted octanol–water partition coefficient (Wildman–Crippen LogP) is 4.29. The summed E-state index contributed by atoms with van der Waals surface area (Å²) in [7, 11) is 0. The number of aryl methyl sites for hydroxylation is 1. The second-order valence-electron chi connectivity index (χ2n) is 8.43. The van der Waals surface area contributed by atoms with Gasteiger partial charge in [0.1, 0.15) is 11.4 Å². The normalized spacial score (nSPS) is 18.3. The van der Waals surface area contributed by atoms with Crippen molar-refractivity contribution in [2.75, 3.05) is 6.54 Å². The van der Waals surface area contributed by atoms with Crippen molar-refractivity contribution in [3.63, 3.8) is 0 Å². The Morgan fingerprint density at radius 2 is 2.00 bits per heavy atom. The maximum atomic E-state index is 13.8. The number of pyridine rings is 1. The fourth-order valence-electron chi connectivity index (χ4n) is 3.41. The molecule has 1 unspecified atom stereocenters. The van der Waals surface area contributed by atoms with Gasteiger partial charge in [-0.3, -0.25) is 9.78 Å². The smallest absolute Gasteiger partial charge is 0.444 e. The van der Waals surface area contributed by atoms with E-state index < -0.39 is 35.6 Å². The van der Waals surface area contributed by atoms with Crippen molar-refractivity contribution in [2.45, 2.75) is 77.2 Å².